The van der Waals surface area contributed by atoms with Crippen LogP contribution in [0.15, 0.2) is 18.3 Å². The molecule has 0 aliphatic heterocycles. The summed E-state index contributed by atoms with van der Waals surface area (Å²) in [5, 5.41) is 4.25. The maximum atomic E-state index is 5.32. The quantitative estimate of drug-likeness (QED) is 0.872. The fourth-order valence-electron chi connectivity index (χ4n) is 2.34. The van der Waals surface area contributed by atoms with Crippen LogP contribution < -0.4 is 10.1 Å². The molecule has 0 amide bonds. The Morgan fingerprint density at radius 1 is 1.53 bits per heavy atom. The van der Waals surface area contributed by atoms with Crippen molar-refractivity contribution in [3.05, 3.63) is 18.3 Å². The van der Waals surface area contributed by atoms with Crippen LogP contribution in [0, 0.1) is 0 Å². The van der Waals surface area contributed by atoms with Crippen molar-refractivity contribution in [3.63, 3.8) is 0 Å². The van der Waals surface area contributed by atoms with Crippen LogP contribution in [0.25, 0.3) is 0 Å². The van der Waals surface area contributed by atoms with Crippen LogP contribution in [0.3, 0.4) is 0 Å². The number of anilines is 1. The minimum atomic E-state index is 0.531. The van der Waals surface area contributed by atoms with Gasteiger partial charge in [0.15, 0.2) is 11.6 Å². The molecule has 1 aromatic rings. The molecule has 1 saturated carbocycles. The lowest BCUT2D eigenvalue weighted by atomic mass is 10.2. The molecule has 94 valence electrons. The lowest BCUT2D eigenvalue weighted by molar-refractivity contribution is 0.414. The van der Waals surface area contributed by atoms with Gasteiger partial charge in [0, 0.05) is 17.5 Å². The summed E-state index contributed by atoms with van der Waals surface area (Å²) in [6, 6.07) is 4.38. The molecular formula is C13H20N2OS. The van der Waals surface area contributed by atoms with Crippen molar-refractivity contribution in [3.8, 4) is 5.75 Å². The summed E-state index contributed by atoms with van der Waals surface area (Å²) in [7, 11) is 1.69. The fourth-order valence-corrected chi connectivity index (χ4v) is 3.54. The molecule has 17 heavy (non-hydrogen) atoms. The predicted molar refractivity (Wildman–Crippen MR) is 74.0 cm³/mol. The lowest BCUT2D eigenvalue weighted by Gasteiger charge is -2.21. The maximum Gasteiger partial charge on any atom is 0.168 e. The zero-order chi connectivity index (χ0) is 12.1. The first kappa shape index (κ1) is 12.6. The maximum absolute atomic E-state index is 5.32. The zero-order valence-corrected chi connectivity index (χ0v) is 11.3. The van der Waals surface area contributed by atoms with Gasteiger partial charge in [-0.3, -0.25) is 0 Å². The summed E-state index contributed by atoms with van der Waals surface area (Å²) in [5.41, 5.74) is 0. The van der Waals surface area contributed by atoms with Crippen LogP contribution in [0.4, 0.5) is 5.82 Å². The third kappa shape index (κ3) is 3.06. The molecule has 2 rings (SSSR count). The Labute approximate surface area is 107 Å². The molecule has 1 N–H and O–H groups in total. The van der Waals surface area contributed by atoms with Crippen LogP contribution >= 0.6 is 11.8 Å². The van der Waals surface area contributed by atoms with E-state index in [4.69, 9.17) is 4.74 Å². The molecule has 1 aromatic heterocycles. The van der Waals surface area contributed by atoms with Gasteiger partial charge in [0.1, 0.15) is 0 Å². The summed E-state index contributed by atoms with van der Waals surface area (Å²) >= 11 is 2.05. The average molecular weight is 252 g/mol. The van der Waals surface area contributed by atoms with Gasteiger partial charge in [-0.1, -0.05) is 13.3 Å². The summed E-state index contributed by atoms with van der Waals surface area (Å²) in [5.74, 6) is 2.89. The molecule has 2 unspecified atom stereocenters. The summed E-state index contributed by atoms with van der Waals surface area (Å²) in [6.07, 6.45) is 5.66. The largest absolute Gasteiger partial charge is 0.493 e. The minimum absolute atomic E-state index is 0.531. The number of aromatic nitrogens is 1. The molecule has 3 nitrogen and oxygen atoms in total. The van der Waals surface area contributed by atoms with Crippen molar-refractivity contribution in [1.82, 2.24) is 4.98 Å². The van der Waals surface area contributed by atoms with Crippen molar-refractivity contribution < 1.29 is 4.74 Å². The second-order valence-corrected chi connectivity index (χ2v) is 5.75. The highest BCUT2D eigenvalue weighted by atomic mass is 32.2. The Kier molecular flexibility index (Phi) is 4.54. The monoisotopic (exact) mass is 252 g/mol. The normalized spacial score (nSPS) is 23.6. The van der Waals surface area contributed by atoms with Gasteiger partial charge in [-0.25, -0.2) is 4.98 Å². The number of methoxy groups -OCH3 is 1. The predicted octanol–water partition coefficient (Wildman–Crippen LogP) is 3.18. The molecule has 1 aliphatic rings. The number of pyridine rings is 1. The average Bonchev–Trinajstić information content (AvgIpc) is 2.78. The molecule has 2 atom stereocenters. The van der Waals surface area contributed by atoms with Gasteiger partial charge >= 0.3 is 0 Å². The highest BCUT2D eigenvalue weighted by molar-refractivity contribution is 7.99. The van der Waals surface area contributed by atoms with E-state index in [-0.39, 0.29) is 0 Å². The molecule has 1 heterocycles. The number of nitrogens with one attached hydrogen (secondary N) is 1. The first-order valence-corrected chi connectivity index (χ1v) is 7.27. The van der Waals surface area contributed by atoms with Crippen molar-refractivity contribution in [1.29, 1.82) is 0 Å². The van der Waals surface area contributed by atoms with E-state index in [1.807, 2.05) is 30.1 Å². The second kappa shape index (κ2) is 6.15. The third-order valence-corrected chi connectivity index (χ3v) is 4.47. The topological polar surface area (TPSA) is 34.2 Å². The number of thioether (sulfide) groups is 1. The number of hydrogen-bond acceptors (Lipinski definition) is 4. The summed E-state index contributed by atoms with van der Waals surface area (Å²) < 4.78 is 5.32. The van der Waals surface area contributed by atoms with Crippen LogP contribution in [-0.4, -0.2) is 29.1 Å². The van der Waals surface area contributed by atoms with Crippen LogP contribution in [0.2, 0.25) is 0 Å². The Hall–Kier alpha value is -0.900. The molecule has 1 fully saturated rings. The van der Waals surface area contributed by atoms with E-state index in [1.165, 1.54) is 25.0 Å². The van der Waals surface area contributed by atoms with E-state index in [0.717, 1.165) is 11.6 Å². The number of rotatable bonds is 5. The van der Waals surface area contributed by atoms with Crippen LogP contribution in [0.1, 0.15) is 26.2 Å². The van der Waals surface area contributed by atoms with Gasteiger partial charge in [-0.05, 0) is 30.7 Å². The number of nitrogens with zero attached hydrogens (tertiary/aromatic N) is 1. The third-order valence-electron chi connectivity index (χ3n) is 3.15. The summed E-state index contributed by atoms with van der Waals surface area (Å²) in [6.45, 7) is 2.22. The van der Waals surface area contributed by atoms with E-state index in [0.29, 0.717) is 11.3 Å². The molecule has 0 radical (unpaired) electrons. The molecule has 1 aliphatic carbocycles. The van der Waals surface area contributed by atoms with E-state index < -0.39 is 0 Å². The molecule has 0 saturated heterocycles. The minimum Gasteiger partial charge on any atom is -0.493 e. The number of ether oxygens (including phenoxy) is 1. The van der Waals surface area contributed by atoms with Crippen molar-refractivity contribution in [2.45, 2.75) is 37.5 Å². The van der Waals surface area contributed by atoms with Crippen molar-refractivity contribution in [2.24, 2.45) is 0 Å². The standard InChI is InChI=1S/C13H20N2OS/c1-3-17-12-8-4-6-10(12)15-13-11(16-2)7-5-9-14-13/h5,7,9-10,12H,3-4,6,8H2,1-2H3,(H,14,15). The number of hydrogen-bond donors (Lipinski definition) is 1. The van der Waals surface area contributed by atoms with E-state index in [1.54, 1.807) is 7.11 Å². The first-order valence-electron chi connectivity index (χ1n) is 6.22. The fraction of sp³-hybridized carbons (Fsp3) is 0.615. The first-order chi connectivity index (χ1) is 8.35. The Morgan fingerprint density at radius 3 is 3.18 bits per heavy atom. The lowest BCUT2D eigenvalue weighted by Crippen LogP contribution is -2.26. The molecule has 0 aromatic carbocycles. The van der Waals surface area contributed by atoms with E-state index in [2.05, 4.69) is 17.2 Å². The Bertz CT molecular complexity index is 359. The highest BCUT2D eigenvalue weighted by Gasteiger charge is 2.27. The van der Waals surface area contributed by atoms with Gasteiger partial charge in [0.2, 0.25) is 0 Å². The van der Waals surface area contributed by atoms with E-state index in [9.17, 15) is 0 Å². The van der Waals surface area contributed by atoms with Gasteiger partial charge in [-0.15, -0.1) is 0 Å². The van der Waals surface area contributed by atoms with E-state index >= 15 is 0 Å². The van der Waals surface area contributed by atoms with Crippen LogP contribution in [-0.2, 0) is 0 Å². The molecule has 4 heteroatoms. The Balaban J connectivity index is 2.04. The Morgan fingerprint density at radius 2 is 2.41 bits per heavy atom. The summed E-state index contributed by atoms with van der Waals surface area (Å²) in [4.78, 5) is 4.36. The molecular weight excluding hydrogens is 232 g/mol. The smallest absolute Gasteiger partial charge is 0.168 e. The van der Waals surface area contributed by atoms with Gasteiger partial charge in [-0.2, -0.15) is 11.8 Å². The van der Waals surface area contributed by atoms with Gasteiger partial charge in [0.25, 0.3) is 0 Å². The van der Waals surface area contributed by atoms with Gasteiger partial charge in [0.05, 0.1) is 7.11 Å². The van der Waals surface area contributed by atoms with Crippen LogP contribution in [0.5, 0.6) is 5.75 Å². The highest BCUT2D eigenvalue weighted by Crippen LogP contribution is 2.33. The van der Waals surface area contributed by atoms with Crippen molar-refractivity contribution in [2.75, 3.05) is 18.2 Å². The molecule has 0 bridgehead atoms. The molecule has 0 spiro atoms. The second-order valence-electron chi connectivity index (χ2n) is 4.23. The zero-order valence-electron chi connectivity index (χ0n) is 10.5. The SMILES string of the molecule is CCSC1CCCC1Nc1ncccc1OC. The van der Waals surface area contributed by atoms with Crippen molar-refractivity contribution >= 4 is 17.6 Å². The van der Waals surface area contributed by atoms with Gasteiger partial charge < -0.3 is 10.1 Å².